The monoisotopic (exact) mass is 369 g/mol. The van der Waals surface area contributed by atoms with Crippen molar-refractivity contribution in [3.05, 3.63) is 60.4 Å². The SMILES string of the molecule is C=C(/N=C\C=C/C)NC[C@H]1CCN(C(=O)[C@@H]2C[C@H]2c2ccccc2)C[C@H]1F. The summed E-state index contributed by atoms with van der Waals surface area (Å²) in [4.78, 5) is 18.6. The van der Waals surface area contributed by atoms with Crippen LogP contribution >= 0.6 is 0 Å². The third-order valence-electron chi connectivity index (χ3n) is 5.40. The second kappa shape index (κ2) is 8.98. The first-order valence-corrected chi connectivity index (χ1v) is 9.66. The van der Waals surface area contributed by atoms with E-state index in [9.17, 15) is 9.18 Å². The molecule has 1 saturated carbocycles. The third-order valence-corrected chi connectivity index (χ3v) is 5.40. The first kappa shape index (κ1) is 19.3. The van der Waals surface area contributed by atoms with Crippen LogP contribution in [0.5, 0.6) is 0 Å². The Morgan fingerprint density at radius 3 is 2.89 bits per heavy atom. The van der Waals surface area contributed by atoms with Crippen LogP contribution in [0.25, 0.3) is 0 Å². The largest absolute Gasteiger partial charge is 0.370 e. The molecule has 4 atom stereocenters. The molecule has 4 nitrogen and oxygen atoms in total. The van der Waals surface area contributed by atoms with Crippen LogP contribution in [0, 0.1) is 11.8 Å². The van der Waals surface area contributed by atoms with Gasteiger partial charge in [-0.2, -0.15) is 0 Å². The normalized spacial score (nSPS) is 27.9. The highest BCUT2D eigenvalue weighted by molar-refractivity contribution is 5.83. The van der Waals surface area contributed by atoms with Crippen molar-refractivity contribution in [1.29, 1.82) is 0 Å². The Hall–Kier alpha value is -2.43. The van der Waals surface area contributed by atoms with Crippen LogP contribution in [0.3, 0.4) is 0 Å². The lowest BCUT2D eigenvalue weighted by Gasteiger charge is -2.35. The first-order valence-electron chi connectivity index (χ1n) is 9.66. The van der Waals surface area contributed by atoms with Gasteiger partial charge in [0.05, 0.1) is 6.54 Å². The van der Waals surface area contributed by atoms with E-state index in [1.165, 1.54) is 5.56 Å². The van der Waals surface area contributed by atoms with E-state index in [0.29, 0.717) is 31.2 Å². The number of amides is 1. The Labute approximate surface area is 160 Å². The summed E-state index contributed by atoms with van der Waals surface area (Å²) < 4.78 is 14.6. The molecular formula is C22H28FN3O. The minimum atomic E-state index is -1.02. The summed E-state index contributed by atoms with van der Waals surface area (Å²) in [6, 6.07) is 10.1. The molecule has 5 heteroatoms. The second-order valence-corrected chi connectivity index (χ2v) is 7.34. The minimum absolute atomic E-state index is 0.0232. The van der Waals surface area contributed by atoms with E-state index in [0.717, 1.165) is 6.42 Å². The van der Waals surface area contributed by atoms with Gasteiger partial charge >= 0.3 is 0 Å². The standard InChI is InChI=1S/C22H28FN3O/c1-3-4-11-24-16(2)25-14-18-10-12-26(15-21(18)23)22(27)20-13-19(20)17-8-6-5-7-9-17/h3-9,11,18-21,25H,2,10,12-15H2,1H3/b4-3-,24-11-/t18-,19+,20-,21-/m1/s1. The number of benzene rings is 1. The van der Waals surface area contributed by atoms with Crippen LogP contribution in [-0.4, -0.2) is 42.8 Å². The van der Waals surface area contributed by atoms with E-state index < -0.39 is 6.17 Å². The highest BCUT2D eigenvalue weighted by Gasteiger charge is 2.46. The maximum Gasteiger partial charge on any atom is 0.226 e. The van der Waals surface area contributed by atoms with Crippen LogP contribution in [0.15, 0.2) is 59.9 Å². The number of carbonyl (C=O) groups excluding carboxylic acids is 1. The number of carbonyl (C=O) groups is 1. The van der Waals surface area contributed by atoms with Gasteiger partial charge in [0.1, 0.15) is 12.0 Å². The van der Waals surface area contributed by atoms with Crippen molar-refractivity contribution in [3.8, 4) is 0 Å². The topological polar surface area (TPSA) is 44.7 Å². The van der Waals surface area contributed by atoms with Crippen molar-refractivity contribution < 1.29 is 9.18 Å². The van der Waals surface area contributed by atoms with Gasteiger partial charge in [0, 0.05) is 31.1 Å². The van der Waals surface area contributed by atoms with Crippen LogP contribution < -0.4 is 5.32 Å². The van der Waals surface area contributed by atoms with E-state index in [2.05, 4.69) is 29.0 Å². The molecule has 2 fully saturated rings. The van der Waals surface area contributed by atoms with E-state index in [1.54, 1.807) is 11.1 Å². The number of alkyl halides is 1. The average molecular weight is 369 g/mol. The molecular weight excluding hydrogens is 341 g/mol. The van der Waals surface area contributed by atoms with Crippen LogP contribution in [0.1, 0.15) is 31.2 Å². The molecule has 2 aliphatic rings. The van der Waals surface area contributed by atoms with Crippen molar-refractivity contribution in [3.63, 3.8) is 0 Å². The number of likely N-dealkylation sites (tertiary alicyclic amines) is 1. The predicted molar refractivity (Wildman–Crippen MR) is 107 cm³/mol. The first-order chi connectivity index (χ1) is 13.1. The van der Waals surface area contributed by atoms with Crippen LogP contribution in [-0.2, 0) is 4.79 Å². The number of nitrogens with zero attached hydrogens (tertiary/aromatic N) is 2. The number of aliphatic imine (C=N–C) groups is 1. The maximum atomic E-state index is 14.6. The fourth-order valence-corrected chi connectivity index (χ4v) is 3.67. The highest BCUT2D eigenvalue weighted by Crippen LogP contribution is 2.48. The average Bonchev–Trinajstić information content (AvgIpc) is 3.48. The molecule has 1 N–H and O–H groups in total. The predicted octanol–water partition coefficient (Wildman–Crippen LogP) is 3.68. The maximum absolute atomic E-state index is 14.6. The highest BCUT2D eigenvalue weighted by atomic mass is 19.1. The lowest BCUT2D eigenvalue weighted by Crippen LogP contribution is -2.48. The second-order valence-electron chi connectivity index (χ2n) is 7.34. The van der Waals surface area contributed by atoms with E-state index in [1.807, 2.05) is 37.3 Å². The molecule has 1 amide bonds. The van der Waals surface area contributed by atoms with Gasteiger partial charge in [-0.05, 0) is 37.3 Å². The van der Waals surface area contributed by atoms with Crippen LogP contribution in [0.2, 0.25) is 0 Å². The van der Waals surface area contributed by atoms with Gasteiger partial charge in [-0.1, -0.05) is 43.0 Å². The van der Waals surface area contributed by atoms with Crippen molar-refractivity contribution in [2.75, 3.05) is 19.6 Å². The molecule has 0 spiro atoms. The summed E-state index contributed by atoms with van der Waals surface area (Å²) in [5, 5.41) is 3.08. The molecule has 3 rings (SSSR count). The molecule has 1 saturated heterocycles. The Kier molecular flexibility index (Phi) is 6.43. The Balaban J connectivity index is 1.45. The molecule has 0 aromatic heterocycles. The van der Waals surface area contributed by atoms with Gasteiger partial charge in [-0.15, -0.1) is 0 Å². The number of hydrogen-bond donors (Lipinski definition) is 1. The zero-order valence-electron chi connectivity index (χ0n) is 15.9. The summed E-state index contributed by atoms with van der Waals surface area (Å²) in [5.41, 5.74) is 1.21. The number of halogens is 1. The fraction of sp³-hybridized carbons (Fsp3) is 0.455. The number of allylic oxidation sites excluding steroid dienone is 2. The van der Waals surface area contributed by atoms with Crippen molar-refractivity contribution in [2.24, 2.45) is 16.8 Å². The molecule has 1 aromatic rings. The third kappa shape index (κ3) is 5.06. The van der Waals surface area contributed by atoms with Gasteiger partial charge in [0.15, 0.2) is 0 Å². The summed E-state index contributed by atoms with van der Waals surface area (Å²) in [5.74, 6) is 0.845. The lowest BCUT2D eigenvalue weighted by atomic mass is 9.94. The van der Waals surface area contributed by atoms with Crippen molar-refractivity contribution in [2.45, 2.75) is 31.9 Å². The van der Waals surface area contributed by atoms with Gasteiger partial charge in [-0.25, -0.2) is 9.38 Å². The molecule has 1 aliphatic heterocycles. The zero-order chi connectivity index (χ0) is 19.2. The van der Waals surface area contributed by atoms with Crippen LogP contribution in [0.4, 0.5) is 4.39 Å². The Bertz CT molecular complexity index is 716. The summed E-state index contributed by atoms with van der Waals surface area (Å²) in [6.07, 6.45) is 5.87. The lowest BCUT2D eigenvalue weighted by molar-refractivity contribution is -0.135. The van der Waals surface area contributed by atoms with Gasteiger partial charge < -0.3 is 10.2 Å². The van der Waals surface area contributed by atoms with E-state index >= 15 is 0 Å². The van der Waals surface area contributed by atoms with Gasteiger partial charge in [0.25, 0.3) is 0 Å². The number of piperidine rings is 1. The number of hydrogen-bond acceptors (Lipinski definition) is 3. The van der Waals surface area contributed by atoms with Crippen molar-refractivity contribution >= 4 is 12.1 Å². The molecule has 1 heterocycles. The number of rotatable bonds is 7. The molecule has 0 radical (unpaired) electrons. The summed E-state index contributed by atoms with van der Waals surface area (Å²) in [7, 11) is 0. The zero-order valence-corrected chi connectivity index (χ0v) is 15.9. The van der Waals surface area contributed by atoms with E-state index in [4.69, 9.17) is 0 Å². The summed E-state index contributed by atoms with van der Waals surface area (Å²) >= 11 is 0. The van der Waals surface area contributed by atoms with Gasteiger partial charge in [0.2, 0.25) is 5.91 Å². The summed E-state index contributed by atoms with van der Waals surface area (Å²) in [6.45, 7) is 7.04. The smallest absolute Gasteiger partial charge is 0.226 e. The van der Waals surface area contributed by atoms with E-state index in [-0.39, 0.29) is 24.3 Å². The molecule has 0 unspecified atom stereocenters. The molecule has 0 bridgehead atoms. The molecule has 1 aliphatic carbocycles. The minimum Gasteiger partial charge on any atom is -0.370 e. The fourth-order valence-electron chi connectivity index (χ4n) is 3.67. The molecule has 27 heavy (non-hydrogen) atoms. The van der Waals surface area contributed by atoms with Gasteiger partial charge in [-0.3, -0.25) is 4.79 Å². The molecule has 1 aromatic carbocycles. The Morgan fingerprint density at radius 1 is 1.41 bits per heavy atom. The number of nitrogens with one attached hydrogen (secondary N) is 1. The quantitative estimate of drug-likeness (QED) is 0.745. The van der Waals surface area contributed by atoms with Crippen molar-refractivity contribution in [1.82, 2.24) is 10.2 Å². The molecule has 144 valence electrons. The Morgan fingerprint density at radius 2 is 2.19 bits per heavy atom.